The highest BCUT2D eigenvalue weighted by molar-refractivity contribution is 5.77. The second kappa shape index (κ2) is 8.32. The van der Waals surface area contributed by atoms with Crippen molar-refractivity contribution in [1.82, 2.24) is 4.90 Å². The van der Waals surface area contributed by atoms with Crippen molar-refractivity contribution in [2.24, 2.45) is 0 Å². The molecule has 2 aromatic rings. The first kappa shape index (κ1) is 18.4. The number of aromatic amines is 1. The minimum atomic E-state index is 0.254. The minimum Gasteiger partial charge on any atom is -0.330 e. The smallest absolute Gasteiger partial charge is 0.278 e. The molecule has 0 aliphatic carbocycles. The molecule has 0 radical (unpaired) electrons. The number of H-pyrrole nitrogens is 1. The third kappa shape index (κ3) is 4.61. The van der Waals surface area contributed by atoms with E-state index in [4.69, 9.17) is 0 Å². The first-order valence-corrected chi connectivity index (χ1v) is 9.40. The van der Waals surface area contributed by atoms with Crippen LogP contribution in [0.3, 0.4) is 0 Å². The standard InChI is InChI=1S/C21H28N4O/c1-17-7-8-19(18(2)14-17)15-23(3)16-21(26)25-12-10-24(11-13-25)20-6-4-5-9-22-20/h4-9,14H,10-13,15-16H2,1-3H3/p+2. The molecule has 1 fully saturated rings. The molecule has 0 saturated carbocycles. The van der Waals surface area contributed by atoms with Crippen LogP contribution in [0.25, 0.3) is 0 Å². The third-order valence-electron chi connectivity index (χ3n) is 5.11. The first-order valence-electron chi connectivity index (χ1n) is 9.40. The lowest BCUT2D eigenvalue weighted by molar-refractivity contribution is -0.885. The Balaban J connectivity index is 1.49. The molecule has 138 valence electrons. The van der Waals surface area contributed by atoms with E-state index in [1.165, 1.54) is 21.6 Å². The van der Waals surface area contributed by atoms with E-state index < -0.39 is 0 Å². The number of likely N-dealkylation sites (N-methyl/N-ethyl adjacent to an activating group) is 1. The number of nitrogens with one attached hydrogen (secondary N) is 2. The molecule has 26 heavy (non-hydrogen) atoms. The van der Waals surface area contributed by atoms with Crippen molar-refractivity contribution in [1.29, 1.82) is 0 Å². The number of pyridine rings is 1. The molecule has 1 aromatic heterocycles. The maximum absolute atomic E-state index is 12.7. The molecule has 1 amide bonds. The van der Waals surface area contributed by atoms with Gasteiger partial charge < -0.3 is 9.80 Å². The number of nitrogens with zero attached hydrogens (tertiary/aromatic N) is 2. The van der Waals surface area contributed by atoms with E-state index in [-0.39, 0.29) is 5.91 Å². The van der Waals surface area contributed by atoms with Gasteiger partial charge in [-0.05, 0) is 25.5 Å². The summed E-state index contributed by atoms with van der Waals surface area (Å²) in [5, 5.41) is 0. The zero-order valence-corrected chi connectivity index (χ0v) is 16.1. The molecule has 2 heterocycles. The average Bonchev–Trinajstić information content (AvgIpc) is 2.65. The number of hydrogen-bond acceptors (Lipinski definition) is 2. The Hall–Kier alpha value is -2.40. The van der Waals surface area contributed by atoms with Crippen molar-refractivity contribution in [3.05, 3.63) is 59.3 Å². The highest BCUT2D eigenvalue weighted by atomic mass is 16.2. The lowest BCUT2D eigenvalue weighted by atomic mass is 10.1. The van der Waals surface area contributed by atoms with Gasteiger partial charge in [-0.25, -0.2) is 4.98 Å². The van der Waals surface area contributed by atoms with Crippen molar-refractivity contribution in [2.75, 3.05) is 44.7 Å². The molecule has 5 heteroatoms. The highest BCUT2D eigenvalue weighted by Gasteiger charge is 2.27. The van der Waals surface area contributed by atoms with Gasteiger partial charge in [-0.15, -0.1) is 0 Å². The van der Waals surface area contributed by atoms with E-state index in [2.05, 4.69) is 55.0 Å². The van der Waals surface area contributed by atoms with Gasteiger partial charge in [0.25, 0.3) is 11.7 Å². The van der Waals surface area contributed by atoms with E-state index in [1.807, 2.05) is 23.2 Å². The SMILES string of the molecule is Cc1ccc(C[NH+](C)CC(=O)N2CCN(c3cccc[nH+]3)CC2)c(C)c1. The van der Waals surface area contributed by atoms with Crippen LogP contribution in [-0.4, -0.2) is 50.6 Å². The maximum atomic E-state index is 12.7. The lowest BCUT2D eigenvalue weighted by Gasteiger charge is -2.31. The number of amides is 1. The molecule has 5 nitrogen and oxygen atoms in total. The van der Waals surface area contributed by atoms with Crippen LogP contribution < -0.4 is 14.8 Å². The molecule has 1 aromatic carbocycles. The fraction of sp³-hybridized carbons (Fsp3) is 0.429. The van der Waals surface area contributed by atoms with Gasteiger partial charge in [0.05, 0.1) is 26.3 Å². The second-order valence-corrected chi connectivity index (χ2v) is 7.36. The first-order chi connectivity index (χ1) is 12.5. The molecule has 1 aliphatic heterocycles. The Morgan fingerprint density at radius 2 is 1.88 bits per heavy atom. The number of hydrogen-bond donors (Lipinski definition) is 1. The predicted octanol–water partition coefficient (Wildman–Crippen LogP) is 0.481. The van der Waals surface area contributed by atoms with Gasteiger partial charge in [0, 0.05) is 11.6 Å². The Labute approximate surface area is 156 Å². The van der Waals surface area contributed by atoms with Crippen LogP contribution in [0.1, 0.15) is 16.7 Å². The van der Waals surface area contributed by atoms with E-state index >= 15 is 0 Å². The minimum absolute atomic E-state index is 0.254. The quantitative estimate of drug-likeness (QED) is 0.849. The van der Waals surface area contributed by atoms with E-state index in [9.17, 15) is 4.79 Å². The molecular formula is C21H30N4O+2. The summed E-state index contributed by atoms with van der Waals surface area (Å²) in [4.78, 5) is 21.5. The van der Waals surface area contributed by atoms with Crippen molar-refractivity contribution < 1.29 is 14.7 Å². The number of anilines is 1. The Morgan fingerprint density at radius 3 is 2.54 bits per heavy atom. The highest BCUT2D eigenvalue weighted by Crippen LogP contribution is 2.10. The number of carbonyl (C=O) groups is 1. The van der Waals surface area contributed by atoms with Crippen molar-refractivity contribution in [3.63, 3.8) is 0 Å². The summed E-state index contributed by atoms with van der Waals surface area (Å²) < 4.78 is 0. The molecule has 1 saturated heterocycles. The molecular weight excluding hydrogens is 324 g/mol. The van der Waals surface area contributed by atoms with Gasteiger partial charge in [0.15, 0.2) is 6.54 Å². The number of piperazine rings is 1. The molecule has 1 unspecified atom stereocenters. The molecule has 1 aliphatic rings. The van der Waals surface area contributed by atoms with Crippen LogP contribution >= 0.6 is 0 Å². The summed E-state index contributed by atoms with van der Waals surface area (Å²) in [5.74, 6) is 1.38. The van der Waals surface area contributed by atoms with Crippen LogP contribution in [0.4, 0.5) is 5.82 Å². The Morgan fingerprint density at radius 1 is 1.12 bits per heavy atom. The van der Waals surface area contributed by atoms with Gasteiger partial charge >= 0.3 is 0 Å². The maximum Gasteiger partial charge on any atom is 0.278 e. The molecule has 2 N–H and O–H groups in total. The topological polar surface area (TPSA) is 42.1 Å². The third-order valence-corrected chi connectivity index (χ3v) is 5.11. The summed E-state index contributed by atoms with van der Waals surface area (Å²) in [6.45, 7) is 9.03. The van der Waals surface area contributed by atoms with E-state index in [1.54, 1.807) is 0 Å². The van der Waals surface area contributed by atoms with Crippen molar-refractivity contribution in [2.45, 2.75) is 20.4 Å². The fourth-order valence-corrected chi connectivity index (χ4v) is 3.58. The number of rotatable bonds is 5. The van der Waals surface area contributed by atoms with E-state index in [0.29, 0.717) is 6.54 Å². The van der Waals surface area contributed by atoms with Crippen LogP contribution in [0.15, 0.2) is 42.6 Å². The summed E-state index contributed by atoms with van der Waals surface area (Å²) in [7, 11) is 2.10. The number of benzene rings is 1. The Bertz CT molecular complexity index is 739. The number of quaternary nitrogens is 1. The van der Waals surface area contributed by atoms with Gasteiger partial charge in [-0.1, -0.05) is 29.8 Å². The molecule has 0 bridgehead atoms. The zero-order valence-electron chi connectivity index (χ0n) is 16.1. The van der Waals surface area contributed by atoms with Gasteiger partial charge in [-0.2, -0.15) is 0 Å². The van der Waals surface area contributed by atoms with Crippen LogP contribution in [0.5, 0.6) is 0 Å². The van der Waals surface area contributed by atoms with Crippen LogP contribution in [0.2, 0.25) is 0 Å². The molecule has 0 spiro atoms. The predicted molar refractivity (Wildman–Crippen MR) is 103 cm³/mol. The molecule has 1 atom stereocenters. The lowest BCUT2D eigenvalue weighted by Crippen LogP contribution is -3.09. The van der Waals surface area contributed by atoms with E-state index in [0.717, 1.165) is 38.5 Å². The van der Waals surface area contributed by atoms with Gasteiger partial charge in [-0.3, -0.25) is 9.69 Å². The van der Waals surface area contributed by atoms with Crippen LogP contribution in [0, 0.1) is 13.8 Å². The summed E-state index contributed by atoms with van der Waals surface area (Å²) in [6.07, 6.45) is 1.94. The number of aromatic nitrogens is 1. The fourth-order valence-electron chi connectivity index (χ4n) is 3.58. The largest absolute Gasteiger partial charge is 0.330 e. The van der Waals surface area contributed by atoms with Crippen molar-refractivity contribution in [3.8, 4) is 0 Å². The summed E-state index contributed by atoms with van der Waals surface area (Å²) in [6, 6.07) is 12.7. The van der Waals surface area contributed by atoms with Gasteiger partial charge in [0.2, 0.25) is 0 Å². The monoisotopic (exact) mass is 354 g/mol. The number of carbonyl (C=O) groups excluding carboxylic acids is 1. The molecule has 3 rings (SSSR count). The summed E-state index contributed by atoms with van der Waals surface area (Å²) >= 11 is 0. The average molecular weight is 354 g/mol. The second-order valence-electron chi connectivity index (χ2n) is 7.36. The summed E-state index contributed by atoms with van der Waals surface area (Å²) in [5.41, 5.74) is 3.92. The van der Waals surface area contributed by atoms with Crippen LogP contribution in [-0.2, 0) is 11.3 Å². The Kier molecular flexibility index (Phi) is 5.89. The normalized spacial score (nSPS) is 15.8. The number of aryl methyl sites for hydroxylation is 2. The zero-order chi connectivity index (χ0) is 18.5. The van der Waals surface area contributed by atoms with Gasteiger partial charge in [0.1, 0.15) is 19.6 Å². The van der Waals surface area contributed by atoms with Crippen molar-refractivity contribution >= 4 is 11.7 Å².